The minimum absolute atomic E-state index is 0.0689. The lowest BCUT2D eigenvalue weighted by Crippen LogP contribution is -2.37. The quantitative estimate of drug-likeness (QED) is 0.360. The molecule has 0 aromatic carbocycles. The monoisotopic (exact) mass is 427 g/mol. The van der Waals surface area contributed by atoms with Crippen LogP contribution in [-0.4, -0.2) is 48.4 Å². The molecular formula is C19H25NO4S3. The molecule has 3 rings (SSSR count). The Balaban J connectivity index is 1.56. The van der Waals surface area contributed by atoms with Gasteiger partial charge in [-0.15, -0.1) is 11.8 Å². The van der Waals surface area contributed by atoms with Gasteiger partial charge in [0.2, 0.25) is 11.8 Å². The lowest BCUT2D eigenvalue weighted by Gasteiger charge is -2.25. The van der Waals surface area contributed by atoms with Crippen molar-refractivity contribution < 1.29 is 19.5 Å². The highest BCUT2D eigenvalue weighted by molar-refractivity contribution is 8.47. The maximum absolute atomic E-state index is 12.7. The van der Waals surface area contributed by atoms with E-state index in [0.717, 1.165) is 18.6 Å². The molecule has 0 aromatic heterocycles. The summed E-state index contributed by atoms with van der Waals surface area (Å²) >= 11 is 8.01. The van der Waals surface area contributed by atoms with Gasteiger partial charge in [-0.3, -0.25) is 19.3 Å². The van der Waals surface area contributed by atoms with E-state index in [0.29, 0.717) is 22.9 Å². The first-order chi connectivity index (χ1) is 12.8. The first-order valence-electron chi connectivity index (χ1n) is 9.41. The number of likely N-dealkylation sites (tertiary alicyclic amines) is 1. The predicted molar refractivity (Wildman–Crippen MR) is 113 cm³/mol. The molecule has 2 bridgehead atoms. The van der Waals surface area contributed by atoms with Gasteiger partial charge in [0.05, 0.1) is 11.8 Å². The fourth-order valence-electron chi connectivity index (χ4n) is 4.36. The Morgan fingerprint density at radius 2 is 1.89 bits per heavy atom. The molecule has 2 amide bonds. The number of fused-ring (bicyclic) bond motifs is 5. The van der Waals surface area contributed by atoms with E-state index in [4.69, 9.17) is 12.2 Å². The summed E-state index contributed by atoms with van der Waals surface area (Å²) in [6, 6.07) is 0. The number of thiocarbonyl (C=S) groups is 1. The summed E-state index contributed by atoms with van der Waals surface area (Å²) in [5, 5.41) is 9.67. The zero-order chi connectivity index (χ0) is 19.8. The molecule has 3 aliphatic rings. The molecule has 0 radical (unpaired) electrons. The van der Waals surface area contributed by atoms with Crippen molar-refractivity contribution in [1.82, 2.24) is 4.90 Å². The molecule has 1 aliphatic heterocycles. The second-order valence-electron chi connectivity index (χ2n) is 7.67. The van der Waals surface area contributed by atoms with Crippen LogP contribution in [0, 0.1) is 23.7 Å². The van der Waals surface area contributed by atoms with Gasteiger partial charge in [-0.05, 0) is 50.2 Å². The zero-order valence-corrected chi connectivity index (χ0v) is 18.0. The Morgan fingerprint density at radius 1 is 1.30 bits per heavy atom. The number of allylic oxidation sites excluding steroid dienone is 2. The van der Waals surface area contributed by atoms with Gasteiger partial charge >= 0.3 is 5.97 Å². The molecule has 0 aromatic rings. The number of imide groups is 1. The molecule has 5 nitrogen and oxygen atoms in total. The lowest BCUT2D eigenvalue weighted by molar-refractivity contribution is -0.140. The second-order valence-corrected chi connectivity index (χ2v) is 11.5. The minimum atomic E-state index is -1.04. The number of carbonyl (C=O) groups excluding carboxylic acids is 2. The molecule has 1 saturated carbocycles. The van der Waals surface area contributed by atoms with Crippen LogP contribution >= 0.6 is 35.7 Å². The number of carboxylic acids is 1. The van der Waals surface area contributed by atoms with Crippen molar-refractivity contribution in [3.8, 4) is 0 Å². The van der Waals surface area contributed by atoms with E-state index in [2.05, 4.69) is 19.1 Å². The van der Waals surface area contributed by atoms with Crippen LogP contribution in [0.25, 0.3) is 0 Å². The van der Waals surface area contributed by atoms with Crippen LogP contribution in [-0.2, 0) is 14.4 Å². The summed E-state index contributed by atoms with van der Waals surface area (Å²) in [5.41, 5.74) is 0. The van der Waals surface area contributed by atoms with Gasteiger partial charge in [0.15, 0.2) is 0 Å². The highest BCUT2D eigenvalue weighted by Crippen LogP contribution is 2.52. The fraction of sp³-hybridized carbons (Fsp3) is 0.684. The molecule has 2 fully saturated rings. The molecule has 8 heteroatoms. The molecule has 5 unspecified atom stereocenters. The molecule has 1 saturated heterocycles. The van der Waals surface area contributed by atoms with Crippen molar-refractivity contribution in [3.05, 3.63) is 12.2 Å². The summed E-state index contributed by atoms with van der Waals surface area (Å²) in [6.07, 6.45) is 6.88. The van der Waals surface area contributed by atoms with Crippen LogP contribution in [0.15, 0.2) is 12.2 Å². The number of hydrogen-bond acceptors (Lipinski definition) is 6. The van der Waals surface area contributed by atoms with Crippen LogP contribution < -0.4 is 0 Å². The third-order valence-electron chi connectivity index (χ3n) is 5.78. The van der Waals surface area contributed by atoms with E-state index in [-0.39, 0.29) is 35.5 Å². The lowest BCUT2D eigenvalue weighted by atomic mass is 9.85. The Hall–Kier alpha value is -0.860. The number of hydrogen-bond donors (Lipinski definition) is 1. The average molecular weight is 428 g/mol. The average Bonchev–Trinajstić information content (AvgIpc) is 3.29. The highest BCUT2D eigenvalue weighted by atomic mass is 32.2. The van der Waals surface area contributed by atoms with Gasteiger partial charge in [-0.2, -0.15) is 0 Å². The van der Waals surface area contributed by atoms with Crippen LogP contribution in [0.4, 0.5) is 0 Å². The zero-order valence-electron chi connectivity index (χ0n) is 15.6. The Bertz CT molecular complexity index is 664. The molecule has 0 spiro atoms. The van der Waals surface area contributed by atoms with Gasteiger partial charge in [-0.1, -0.05) is 43.1 Å². The van der Waals surface area contributed by atoms with Crippen LogP contribution in [0.2, 0.25) is 0 Å². The van der Waals surface area contributed by atoms with Crippen molar-refractivity contribution in [3.63, 3.8) is 0 Å². The summed E-state index contributed by atoms with van der Waals surface area (Å²) in [6.45, 7) is 4.02. The van der Waals surface area contributed by atoms with Gasteiger partial charge in [0.25, 0.3) is 0 Å². The molecule has 148 valence electrons. The number of rotatable bonds is 8. The Kier molecular flexibility index (Phi) is 6.37. The summed E-state index contributed by atoms with van der Waals surface area (Å²) in [7, 11) is 0. The Labute approximate surface area is 173 Å². The van der Waals surface area contributed by atoms with E-state index in [1.165, 1.54) is 28.4 Å². The maximum atomic E-state index is 12.7. The van der Waals surface area contributed by atoms with Gasteiger partial charge in [-0.25, -0.2) is 0 Å². The fourth-order valence-corrected chi connectivity index (χ4v) is 7.27. The highest BCUT2D eigenvalue weighted by Gasteiger charge is 2.59. The van der Waals surface area contributed by atoms with E-state index in [1.54, 1.807) is 6.92 Å². The van der Waals surface area contributed by atoms with Crippen LogP contribution in [0.1, 0.15) is 39.5 Å². The second kappa shape index (κ2) is 8.25. The number of aliphatic carboxylic acids is 1. The number of amides is 2. The Morgan fingerprint density at radius 3 is 2.41 bits per heavy atom. The SMILES string of the molecule is CCCSC(=S)SC(C)(CCCN1C(=O)C2C3C=CC(C3)C2C1=O)C(=O)O. The van der Waals surface area contributed by atoms with Crippen LogP contribution in [0.5, 0.6) is 0 Å². The third-order valence-corrected chi connectivity index (χ3v) is 8.83. The van der Waals surface area contributed by atoms with Crippen LogP contribution in [0.3, 0.4) is 0 Å². The molecular weight excluding hydrogens is 402 g/mol. The van der Waals surface area contributed by atoms with Gasteiger partial charge in [0, 0.05) is 6.54 Å². The van der Waals surface area contributed by atoms with E-state index in [1.807, 2.05) is 0 Å². The molecule has 27 heavy (non-hydrogen) atoms. The normalized spacial score (nSPS) is 30.7. The van der Waals surface area contributed by atoms with Crippen molar-refractivity contribution in [1.29, 1.82) is 0 Å². The topological polar surface area (TPSA) is 74.7 Å². The summed E-state index contributed by atoms with van der Waals surface area (Å²) in [4.78, 5) is 38.6. The van der Waals surface area contributed by atoms with Crippen molar-refractivity contribution in [2.24, 2.45) is 23.7 Å². The van der Waals surface area contributed by atoms with Crippen molar-refractivity contribution in [2.45, 2.75) is 44.3 Å². The number of carbonyl (C=O) groups is 3. The van der Waals surface area contributed by atoms with E-state index in [9.17, 15) is 19.5 Å². The summed E-state index contributed by atoms with van der Waals surface area (Å²) < 4.78 is -0.410. The minimum Gasteiger partial charge on any atom is -0.480 e. The number of thioether (sulfide) groups is 2. The molecule has 5 atom stereocenters. The third kappa shape index (κ3) is 3.98. The summed E-state index contributed by atoms with van der Waals surface area (Å²) in [5.74, 6) is -0.149. The molecule has 1 heterocycles. The van der Waals surface area contributed by atoms with Crippen molar-refractivity contribution in [2.75, 3.05) is 12.3 Å². The van der Waals surface area contributed by atoms with Crippen molar-refractivity contribution >= 4 is 57.1 Å². The van der Waals surface area contributed by atoms with E-state index >= 15 is 0 Å². The smallest absolute Gasteiger partial charge is 0.319 e. The van der Waals surface area contributed by atoms with E-state index < -0.39 is 10.7 Å². The first-order valence-corrected chi connectivity index (χ1v) is 11.6. The van der Waals surface area contributed by atoms with Gasteiger partial charge < -0.3 is 5.11 Å². The molecule has 1 N–H and O–H groups in total. The van der Waals surface area contributed by atoms with Gasteiger partial charge in [0.1, 0.15) is 8.28 Å². The first kappa shape index (κ1) is 20.9. The molecule has 2 aliphatic carbocycles. The standard InChI is InChI=1S/C19H25NO4S3/c1-3-9-26-18(25)27-19(2,17(23)24)7-4-8-20-15(21)13-11-5-6-12(10-11)14(13)16(20)22/h5-6,11-14H,3-4,7-10H2,1-2H3,(H,23,24). The predicted octanol–water partition coefficient (Wildman–Crippen LogP) is 3.58. The largest absolute Gasteiger partial charge is 0.480 e. The number of carboxylic acid groups (broad SMARTS) is 1. The number of nitrogens with zero attached hydrogens (tertiary/aromatic N) is 1. The maximum Gasteiger partial charge on any atom is 0.319 e.